The van der Waals surface area contributed by atoms with Crippen molar-refractivity contribution in [3.8, 4) is 0 Å². The summed E-state index contributed by atoms with van der Waals surface area (Å²) in [4.78, 5) is 0. The molecule has 2 atom stereocenters. The van der Waals surface area contributed by atoms with Gasteiger partial charge in [-0.2, -0.15) is 0 Å². The van der Waals surface area contributed by atoms with E-state index >= 15 is 0 Å². The van der Waals surface area contributed by atoms with Gasteiger partial charge in [-0.3, -0.25) is 0 Å². The van der Waals surface area contributed by atoms with E-state index in [2.05, 4.69) is 49.4 Å². The summed E-state index contributed by atoms with van der Waals surface area (Å²) >= 11 is 0. The van der Waals surface area contributed by atoms with E-state index in [0.717, 1.165) is 13.0 Å². The molecule has 2 heteroatoms. The van der Waals surface area contributed by atoms with Crippen molar-refractivity contribution in [1.29, 1.82) is 0 Å². The molecular formula is C16H18O2. The molecule has 1 heterocycles. The number of benzene rings is 1. The maximum Gasteiger partial charge on any atom is 0.108 e. The van der Waals surface area contributed by atoms with E-state index in [9.17, 15) is 0 Å². The normalized spacial score (nSPS) is 27.3. The Morgan fingerprint density at radius 3 is 2.94 bits per heavy atom. The lowest BCUT2D eigenvalue weighted by atomic mass is 9.90. The lowest BCUT2D eigenvalue weighted by molar-refractivity contribution is 0.0660. The first-order chi connectivity index (χ1) is 8.88. The van der Waals surface area contributed by atoms with Gasteiger partial charge in [0.25, 0.3) is 0 Å². The number of epoxide rings is 1. The van der Waals surface area contributed by atoms with Gasteiger partial charge in [0.05, 0.1) is 13.2 Å². The molecule has 2 nitrogen and oxygen atoms in total. The maximum absolute atomic E-state index is 6.05. The zero-order chi connectivity index (χ0) is 12.4. The predicted molar refractivity (Wildman–Crippen MR) is 72.3 cm³/mol. The molecule has 3 rings (SSSR count). The molecule has 1 aliphatic heterocycles. The van der Waals surface area contributed by atoms with Crippen molar-refractivity contribution < 1.29 is 9.47 Å². The van der Waals surface area contributed by atoms with Crippen LogP contribution in [0.15, 0.2) is 42.0 Å². The monoisotopic (exact) mass is 242 g/mol. The van der Waals surface area contributed by atoms with Gasteiger partial charge in [-0.15, -0.1) is 0 Å². The van der Waals surface area contributed by atoms with Crippen LogP contribution in [-0.2, 0) is 9.47 Å². The Hall–Kier alpha value is -1.38. The van der Waals surface area contributed by atoms with Gasteiger partial charge in [-0.05, 0) is 23.1 Å². The van der Waals surface area contributed by atoms with Crippen LogP contribution >= 0.6 is 0 Å². The smallest absolute Gasteiger partial charge is 0.108 e. The number of fused-ring (bicyclic) bond motifs is 1. The van der Waals surface area contributed by atoms with Crippen molar-refractivity contribution in [1.82, 2.24) is 0 Å². The van der Waals surface area contributed by atoms with Crippen LogP contribution in [-0.4, -0.2) is 19.3 Å². The molecule has 0 N–H and O–H groups in total. The zero-order valence-corrected chi connectivity index (χ0v) is 10.6. The topological polar surface area (TPSA) is 21.8 Å². The van der Waals surface area contributed by atoms with Gasteiger partial charge in [0.1, 0.15) is 12.2 Å². The SMILES string of the molecule is CCC=C1C=Cc2ccccc2C1OCC1CO1. The van der Waals surface area contributed by atoms with Crippen molar-refractivity contribution >= 4 is 6.08 Å². The van der Waals surface area contributed by atoms with Crippen LogP contribution in [0, 0.1) is 0 Å². The van der Waals surface area contributed by atoms with Gasteiger partial charge in [0, 0.05) is 0 Å². The number of ether oxygens (including phenoxy) is 2. The highest BCUT2D eigenvalue weighted by Crippen LogP contribution is 2.35. The summed E-state index contributed by atoms with van der Waals surface area (Å²) in [7, 11) is 0. The maximum atomic E-state index is 6.05. The minimum atomic E-state index is 0.0651. The van der Waals surface area contributed by atoms with Gasteiger partial charge in [-0.25, -0.2) is 0 Å². The number of allylic oxidation sites excluding steroid dienone is 1. The molecule has 18 heavy (non-hydrogen) atoms. The van der Waals surface area contributed by atoms with E-state index < -0.39 is 0 Å². The van der Waals surface area contributed by atoms with Crippen LogP contribution in [0.1, 0.15) is 30.6 Å². The molecule has 2 aliphatic rings. The predicted octanol–water partition coefficient (Wildman–Crippen LogP) is 3.51. The molecule has 1 aromatic rings. The highest BCUT2D eigenvalue weighted by atomic mass is 16.6. The molecule has 1 aromatic carbocycles. The molecule has 2 unspecified atom stereocenters. The number of hydrogen-bond acceptors (Lipinski definition) is 2. The molecule has 1 saturated heterocycles. The fourth-order valence-corrected chi connectivity index (χ4v) is 2.32. The summed E-state index contributed by atoms with van der Waals surface area (Å²) in [5.41, 5.74) is 3.78. The highest BCUT2D eigenvalue weighted by molar-refractivity contribution is 5.63. The summed E-state index contributed by atoms with van der Waals surface area (Å²) in [6.45, 7) is 3.69. The van der Waals surface area contributed by atoms with E-state index in [-0.39, 0.29) is 6.10 Å². The minimum absolute atomic E-state index is 0.0651. The lowest BCUT2D eigenvalue weighted by Gasteiger charge is -2.24. The van der Waals surface area contributed by atoms with Crippen LogP contribution in [0.2, 0.25) is 0 Å². The van der Waals surface area contributed by atoms with Crippen molar-refractivity contribution in [3.63, 3.8) is 0 Å². The van der Waals surface area contributed by atoms with E-state index in [1.807, 2.05) is 0 Å². The third-order valence-corrected chi connectivity index (χ3v) is 3.33. The van der Waals surface area contributed by atoms with Gasteiger partial charge < -0.3 is 9.47 Å². The van der Waals surface area contributed by atoms with Crippen molar-refractivity contribution in [2.24, 2.45) is 0 Å². The average Bonchev–Trinajstić information content (AvgIpc) is 3.22. The van der Waals surface area contributed by atoms with Crippen LogP contribution in [0.5, 0.6) is 0 Å². The molecule has 1 aliphatic carbocycles. The number of hydrogen-bond donors (Lipinski definition) is 0. The summed E-state index contributed by atoms with van der Waals surface area (Å²) in [6.07, 6.45) is 7.99. The number of rotatable bonds is 4. The fraction of sp³-hybridized carbons (Fsp3) is 0.375. The molecule has 1 fully saturated rings. The second-order valence-corrected chi connectivity index (χ2v) is 4.74. The quantitative estimate of drug-likeness (QED) is 0.754. The van der Waals surface area contributed by atoms with E-state index in [1.165, 1.54) is 16.7 Å². The molecular weight excluding hydrogens is 224 g/mol. The third kappa shape index (κ3) is 2.40. The van der Waals surface area contributed by atoms with Crippen LogP contribution in [0.25, 0.3) is 6.08 Å². The second kappa shape index (κ2) is 5.09. The molecule has 0 saturated carbocycles. The van der Waals surface area contributed by atoms with E-state index in [4.69, 9.17) is 9.47 Å². The van der Waals surface area contributed by atoms with Gasteiger partial charge in [0.15, 0.2) is 0 Å². The minimum Gasteiger partial charge on any atom is -0.371 e. The summed E-state index contributed by atoms with van der Waals surface area (Å²) in [5.74, 6) is 0. The highest BCUT2D eigenvalue weighted by Gasteiger charge is 2.27. The Morgan fingerprint density at radius 1 is 1.33 bits per heavy atom. The van der Waals surface area contributed by atoms with Crippen molar-refractivity contribution in [2.45, 2.75) is 25.6 Å². The first-order valence-electron chi connectivity index (χ1n) is 6.58. The molecule has 0 bridgehead atoms. The lowest BCUT2D eigenvalue weighted by Crippen LogP contribution is -2.14. The molecule has 94 valence electrons. The summed E-state index contributed by atoms with van der Waals surface area (Å²) in [6, 6.07) is 8.43. The van der Waals surface area contributed by atoms with Crippen molar-refractivity contribution in [2.75, 3.05) is 13.2 Å². The fourth-order valence-electron chi connectivity index (χ4n) is 2.32. The van der Waals surface area contributed by atoms with Crippen LogP contribution < -0.4 is 0 Å². The zero-order valence-electron chi connectivity index (χ0n) is 10.6. The Balaban J connectivity index is 1.87. The summed E-state index contributed by atoms with van der Waals surface area (Å²) in [5, 5.41) is 0. The largest absolute Gasteiger partial charge is 0.371 e. The van der Waals surface area contributed by atoms with Crippen LogP contribution in [0.4, 0.5) is 0 Å². The first kappa shape index (κ1) is 11.7. The Morgan fingerprint density at radius 2 is 2.17 bits per heavy atom. The average molecular weight is 242 g/mol. The molecule has 0 spiro atoms. The van der Waals surface area contributed by atoms with Gasteiger partial charge in [0.2, 0.25) is 0 Å². The van der Waals surface area contributed by atoms with E-state index in [0.29, 0.717) is 12.7 Å². The Kier molecular flexibility index (Phi) is 3.31. The standard InChI is InChI=1S/C16H18O2/c1-2-5-13-9-8-12-6-3-4-7-15(12)16(13)18-11-14-10-17-14/h3-9,14,16H,2,10-11H2,1H3. The summed E-state index contributed by atoms with van der Waals surface area (Å²) < 4.78 is 11.3. The second-order valence-electron chi connectivity index (χ2n) is 4.74. The third-order valence-electron chi connectivity index (χ3n) is 3.33. The molecule has 0 radical (unpaired) electrons. The Labute approximate surface area is 108 Å². The van der Waals surface area contributed by atoms with Crippen molar-refractivity contribution in [3.05, 3.63) is 53.1 Å². The molecule has 0 aromatic heterocycles. The van der Waals surface area contributed by atoms with Gasteiger partial charge in [-0.1, -0.05) is 49.4 Å². The Bertz CT molecular complexity index is 484. The molecule has 0 amide bonds. The van der Waals surface area contributed by atoms with Gasteiger partial charge >= 0.3 is 0 Å². The van der Waals surface area contributed by atoms with Crippen LogP contribution in [0.3, 0.4) is 0 Å². The van der Waals surface area contributed by atoms with E-state index in [1.54, 1.807) is 0 Å². The first-order valence-corrected chi connectivity index (χ1v) is 6.58.